The molecule has 0 aliphatic carbocycles. The zero-order chi connectivity index (χ0) is 18.6. The summed E-state index contributed by atoms with van der Waals surface area (Å²) < 4.78 is 11.5. The Morgan fingerprint density at radius 3 is 2.85 bits per heavy atom. The topological polar surface area (TPSA) is 38.8 Å². The number of carbonyl (C=O) groups is 1. The number of nitrogens with zero attached hydrogens (tertiary/aromatic N) is 1. The molecule has 2 aromatic rings. The molecule has 0 radical (unpaired) electrons. The van der Waals surface area contributed by atoms with Gasteiger partial charge in [-0.25, -0.2) is 0 Å². The van der Waals surface area contributed by atoms with E-state index in [1.165, 1.54) is 11.1 Å². The van der Waals surface area contributed by atoms with Crippen molar-refractivity contribution < 1.29 is 14.3 Å². The van der Waals surface area contributed by atoms with Gasteiger partial charge in [-0.2, -0.15) is 0 Å². The molecular weight excluding hydrogens is 338 g/mol. The number of benzene rings is 2. The standard InChI is InChI=1S/C23H27NO3/c1-17-8-9-18-6-4-12-24(22(18)15-17)23(25)21-7-3-2-5-19(21)16-27-20-10-13-26-14-11-20/h2-3,5,7-9,15,20H,4,6,10-14,16H2,1H3. The third kappa shape index (κ3) is 4.07. The Morgan fingerprint density at radius 1 is 1.19 bits per heavy atom. The van der Waals surface area contributed by atoms with E-state index < -0.39 is 0 Å². The van der Waals surface area contributed by atoms with E-state index in [9.17, 15) is 4.79 Å². The summed E-state index contributed by atoms with van der Waals surface area (Å²) in [7, 11) is 0. The summed E-state index contributed by atoms with van der Waals surface area (Å²) in [4.78, 5) is 15.3. The normalized spacial score (nSPS) is 17.6. The Labute approximate surface area is 161 Å². The van der Waals surface area contributed by atoms with Crippen LogP contribution < -0.4 is 4.90 Å². The van der Waals surface area contributed by atoms with Gasteiger partial charge in [0, 0.05) is 31.0 Å². The SMILES string of the molecule is Cc1ccc2c(c1)N(C(=O)c1ccccc1COC1CCOCC1)CCC2. The maximum absolute atomic E-state index is 13.4. The van der Waals surface area contributed by atoms with E-state index in [1.54, 1.807) is 0 Å². The van der Waals surface area contributed by atoms with Crippen LogP contribution in [0.1, 0.15) is 46.3 Å². The van der Waals surface area contributed by atoms with Crippen LogP contribution >= 0.6 is 0 Å². The van der Waals surface area contributed by atoms with Gasteiger partial charge in [-0.05, 0) is 61.4 Å². The third-order valence-corrected chi connectivity index (χ3v) is 5.50. The van der Waals surface area contributed by atoms with Crippen molar-refractivity contribution in [2.75, 3.05) is 24.7 Å². The fraction of sp³-hybridized carbons (Fsp3) is 0.435. The molecule has 2 aliphatic heterocycles. The van der Waals surface area contributed by atoms with Crippen molar-refractivity contribution >= 4 is 11.6 Å². The molecule has 0 bridgehead atoms. The van der Waals surface area contributed by atoms with Crippen molar-refractivity contribution in [2.24, 2.45) is 0 Å². The summed E-state index contributed by atoms with van der Waals surface area (Å²) in [5.41, 5.74) is 5.22. The number of fused-ring (bicyclic) bond motifs is 1. The van der Waals surface area contributed by atoms with Gasteiger partial charge in [-0.1, -0.05) is 30.3 Å². The van der Waals surface area contributed by atoms with Gasteiger partial charge in [0.05, 0.1) is 12.7 Å². The highest BCUT2D eigenvalue weighted by Crippen LogP contribution is 2.30. The highest BCUT2D eigenvalue weighted by molar-refractivity contribution is 6.07. The minimum Gasteiger partial charge on any atom is -0.381 e. The Balaban J connectivity index is 1.55. The Kier molecular flexibility index (Phi) is 5.55. The maximum atomic E-state index is 13.4. The lowest BCUT2D eigenvalue weighted by Crippen LogP contribution is -2.36. The van der Waals surface area contributed by atoms with E-state index in [0.29, 0.717) is 6.61 Å². The summed E-state index contributed by atoms with van der Waals surface area (Å²) in [5, 5.41) is 0. The molecule has 2 heterocycles. The molecule has 0 saturated carbocycles. The molecule has 4 heteroatoms. The number of ether oxygens (including phenoxy) is 2. The number of hydrogen-bond donors (Lipinski definition) is 0. The monoisotopic (exact) mass is 365 g/mol. The number of hydrogen-bond acceptors (Lipinski definition) is 3. The smallest absolute Gasteiger partial charge is 0.258 e. The summed E-state index contributed by atoms with van der Waals surface area (Å²) in [6.45, 7) is 4.84. The zero-order valence-electron chi connectivity index (χ0n) is 15.9. The van der Waals surface area contributed by atoms with Crippen molar-refractivity contribution in [1.29, 1.82) is 0 Å². The van der Waals surface area contributed by atoms with Crippen LogP contribution in [0.2, 0.25) is 0 Å². The lowest BCUT2D eigenvalue weighted by atomic mass is 9.98. The molecule has 1 saturated heterocycles. The van der Waals surface area contributed by atoms with E-state index in [0.717, 1.165) is 62.3 Å². The number of amides is 1. The first kappa shape index (κ1) is 18.2. The van der Waals surface area contributed by atoms with Gasteiger partial charge in [0.1, 0.15) is 0 Å². The molecule has 0 spiro atoms. The van der Waals surface area contributed by atoms with Crippen LogP contribution in [-0.4, -0.2) is 31.8 Å². The van der Waals surface area contributed by atoms with Crippen molar-refractivity contribution in [3.05, 3.63) is 64.7 Å². The predicted molar refractivity (Wildman–Crippen MR) is 106 cm³/mol. The molecule has 0 unspecified atom stereocenters. The van der Waals surface area contributed by atoms with E-state index >= 15 is 0 Å². The minimum atomic E-state index is 0.0766. The summed E-state index contributed by atoms with van der Waals surface area (Å²) in [5.74, 6) is 0.0766. The van der Waals surface area contributed by atoms with Crippen LogP contribution in [0, 0.1) is 6.92 Å². The van der Waals surface area contributed by atoms with E-state index in [1.807, 2.05) is 29.2 Å². The molecule has 27 heavy (non-hydrogen) atoms. The van der Waals surface area contributed by atoms with E-state index in [-0.39, 0.29) is 12.0 Å². The first-order chi connectivity index (χ1) is 13.2. The summed E-state index contributed by atoms with van der Waals surface area (Å²) in [6, 6.07) is 14.3. The van der Waals surface area contributed by atoms with E-state index in [2.05, 4.69) is 25.1 Å². The van der Waals surface area contributed by atoms with Crippen molar-refractivity contribution in [3.8, 4) is 0 Å². The highest BCUT2D eigenvalue weighted by atomic mass is 16.5. The number of aryl methyl sites for hydroxylation is 2. The predicted octanol–water partition coefficient (Wildman–Crippen LogP) is 4.28. The van der Waals surface area contributed by atoms with Gasteiger partial charge in [0.2, 0.25) is 0 Å². The average Bonchev–Trinajstić information content (AvgIpc) is 2.72. The van der Waals surface area contributed by atoms with Crippen LogP contribution in [0.5, 0.6) is 0 Å². The Hall–Kier alpha value is -2.17. The lowest BCUT2D eigenvalue weighted by Gasteiger charge is -2.30. The van der Waals surface area contributed by atoms with E-state index in [4.69, 9.17) is 9.47 Å². The second-order valence-corrected chi connectivity index (χ2v) is 7.47. The molecule has 142 valence electrons. The second-order valence-electron chi connectivity index (χ2n) is 7.47. The molecule has 2 aliphatic rings. The first-order valence-electron chi connectivity index (χ1n) is 9.91. The number of anilines is 1. The fourth-order valence-electron chi connectivity index (χ4n) is 3.95. The van der Waals surface area contributed by atoms with Crippen LogP contribution in [0.15, 0.2) is 42.5 Å². The van der Waals surface area contributed by atoms with Gasteiger partial charge >= 0.3 is 0 Å². The molecule has 1 fully saturated rings. The van der Waals surface area contributed by atoms with Crippen molar-refractivity contribution in [3.63, 3.8) is 0 Å². The highest BCUT2D eigenvalue weighted by Gasteiger charge is 2.25. The molecule has 4 rings (SSSR count). The Morgan fingerprint density at radius 2 is 2.00 bits per heavy atom. The molecule has 0 atom stereocenters. The molecule has 4 nitrogen and oxygen atoms in total. The van der Waals surface area contributed by atoms with Gasteiger partial charge in [-0.3, -0.25) is 4.79 Å². The van der Waals surface area contributed by atoms with Crippen LogP contribution in [-0.2, 0) is 22.5 Å². The quantitative estimate of drug-likeness (QED) is 0.812. The zero-order valence-corrected chi connectivity index (χ0v) is 15.9. The number of carbonyl (C=O) groups excluding carboxylic acids is 1. The Bertz CT molecular complexity index is 811. The van der Waals surface area contributed by atoms with Crippen molar-refractivity contribution in [2.45, 2.75) is 45.3 Å². The van der Waals surface area contributed by atoms with Crippen molar-refractivity contribution in [1.82, 2.24) is 0 Å². The second kappa shape index (κ2) is 8.24. The molecule has 1 amide bonds. The summed E-state index contributed by atoms with van der Waals surface area (Å²) >= 11 is 0. The average molecular weight is 365 g/mol. The third-order valence-electron chi connectivity index (χ3n) is 5.50. The molecule has 0 aromatic heterocycles. The van der Waals surface area contributed by atoms with Gasteiger partial charge in [0.25, 0.3) is 5.91 Å². The van der Waals surface area contributed by atoms with Crippen LogP contribution in [0.3, 0.4) is 0 Å². The van der Waals surface area contributed by atoms with Crippen LogP contribution in [0.25, 0.3) is 0 Å². The van der Waals surface area contributed by atoms with Gasteiger partial charge < -0.3 is 14.4 Å². The molecule has 0 N–H and O–H groups in total. The lowest BCUT2D eigenvalue weighted by molar-refractivity contribution is -0.0391. The summed E-state index contributed by atoms with van der Waals surface area (Å²) in [6.07, 6.45) is 4.11. The first-order valence-corrected chi connectivity index (χ1v) is 9.91. The largest absolute Gasteiger partial charge is 0.381 e. The molecule has 2 aromatic carbocycles. The number of rotatable bonds is 4. The molecular formula is C23H27NO3. The van der Waals surface area contributed by atoms with Crippen LogP contribution in [0.4, 0.5) is 5.69 Å². The van der Waals surface area contributed by atoms with Gasteiger partial charge in [0.15, 0.2) is 0 Å². The van der Waals surface area contributed by atoms with Gasteiger partial charge in [-0.15, -0.1) is 0 Å². The fourth-order valence-corrected chi connectivity index (χ4v) is 3.95. The minimum absolute atomic E-state index is 0.0766. The maximum Gasteiger partial charge on any atom is 0.258 e.